The van der Waals surface area contributed by atoms with Crippen LogP contribution in [0.15, 0.2) is 12.2 Å². The lowest BCUT2D eigenvalue weighted by Gasteiger charge is -2.16. The predicted molar refractivity (Wildman–Crippen MR) is 65.9 cm³/mol. The second-order valence-corrected chi connectivity index (χ2v) is 5.02. The van der Waals surface area contributed by atoms with Crippen molar-refractivity contribution >= 4 is 5.97 Å². The van der Waals surface area contributed by atoms with E-state index in [0.717, 1.165) is 0 Å². The van der Waals surface area contributed by atoms with Gasteiger partial charge in [0.15, 0.2) is 5.79 Å². The highest BCUT2D eigenvalue weighted by Gasteiger charge is 2.40. The summed E-state index contributed by atoms with van der Waals surface area (Å²) in [4.78, 5) is 11.3. The molecule has 0 unspecified atom stereocenters. The molecule has 1 heterocycles. The van der Waals surface area contributed by atoms with Crippen LogP contribution in [0, 0.1) is 0 Å². The maximum absolute atomic E-state index is 11.3. The molecular weight excluding hydrogens is 236 g/mol. The molecule has 1 rings (SSSR count). The third kappa shape index (κ3) is 4.76. The van der Waals surface area contributed by atoms with Crippen LogP contribution in [0.1, 0.15) is 34.1 Å². The fourth-order valence-electron chi connectivity index (χ4n) is 1.83. The molecule has 1 aliphatic heterocycles. The van der Waals surface area contributed by atoms with Crippen LogP contribution < -0.4 is 0 Å². The summed E-state index contributed by atoms with van der Waals surface area (Å²) in [7, 11) is 0. The summed E-state index contributed by atoms with van der Waals surface area (Å²) in [6.07, 6.45) is 2.84. The van der Waals surface area contributed by atoms with E-state index in [1.807, 2.05) is 0 Å². The molecule has 0 saturated carbocycles. The van der Waals surface area contributed by atoms with Crippen molar-refractivity contribution in [2.45, 2.75) is 58.2 Å². The number of carbonyl (C=O) groups is 1. The summed E-state index contributed by atoms with van der Waals surface area (Å²) in [5, 5.41) is 9.18. The first-order valence-corrected chi connectivity index (χ1v) is 6.17. The number of esters is 1. The van der Waals surface area contributed by atoms with Crippen LogP contribution in [0.2, 0.25) is 0 Å². The molecular formula is C13H22O5. The van der Waals surface area contributed by atoms with Gasteiger partial charge in [0.1, 0.15) is 6.10 Å². The smallest absolute Gasteiger partial charge is 0.330 e. The Hall–Kier alpha value is -0.910. The van der Waals surface area contributed by atoms with Crippen molar-refractivity contribution in [2.24, 2.45) is 0 Å². The largest absolute Gasteiger partial charge is 0.460 e. The van der Waals surface area contributed by atoms with Gasteiger partial charge in [-0.05, 0) is 34.1 Å². The van der Waals surface area contributed by atoms with Crippen molar-refractivity contribution in [3.63, 3.8) is 0 Å². The fraction of sp³-hybridized carbons (Fsp3) is 0.769. The standard InChI is InChI=1S/C13H22O5/c1-9(2)16-12(15)7-5-6-10-11(8-14)18-13(3,4)17-10/h5,7,9-11,14H,6,8H2,1-4H3/b7-5+/t10-,11+/m0/s1. The molecule has 1 fully saturated rings. The van der Waals surface area contributed by atoms with E-state index in [-0.39, 0.29) is 30.9 Å². The van der Waals surface area contributed by atoms with Crippen LogP contribution >= 0.6 is 0 Å². The van der Waals surface area contributed by atoms with Gasteiger partial charge >= 0.3 is 5.97 Å². The summed E-state index contributed by atoms with van der Waals surface area (Å²) >= 11 is 0. The summed E-state index contributed by atoms with van der Waals surface area (Å²) < 4.78 is 16.1. The monoisotopic (exact) mass is 258 g/mol. The minimum atomic E-state index is -0.690. The zero-order chi connectivity index (χ0) is 13.8. The van der Waals surface area contributed by atoms with Gasteiger partial charge in [-0.25, -0.2) is 4.79 Å². The average molecular weight is 258 g/mol. The van der Waals surface area contributed by atoms with E-state index < -0.39 is 5.79 Å². The van der Waals surface area contributed by atoms with Crippen LogP contribution in [0.25, 0.3) is 0 Å². The van der Waals surface area contributed by atoms with Crippen molar-refractivity contribution in [1.29, 1.82) is 0 Å². The third-order valence-electron chi connectivity index (χ3n) is 2.44. The zero-order valence-electron chi connectivity index (χ0n) is 11.4. The first-order chi connectivity index (χ1) is 8.34. The third-order valence-corrected chi connectivity index (χ3v) is 2.44. The Bertz CT molecular complexity index is 309. The average Bonchev–Trinajstić information content (AvgIpc) is 2.52. The second-order valence-electron chi connectivity index (χ2n) is 5.02. The van der Waals surface area contributed by atoms with Crippen LogP contribution in [-0.4, -0.2) is 41.8 Å². The molecule has 1 N–H and O–H groups in total. The molecule has 0 amide bonds. The van der Waals surface area contributed by atoms with Crippen molar-refractivity contribution in [2.75, 3.05) is 6.61 Å². The van der Waals surface area contributed by atoms with E-state index in [9.17, 15) is 9.90 Å². The van der Waals surface area contributed by atoms with Gasteiger partial charge in [0, 0.05) is 6.08 Å². The first kappa shape index (κ1) is 15.1. The van der Waals surface area contributed by atoms with Gasteiger partial charge < -0.3 is 19.3 Å². The summed E-state index contributed by atoms with van der Waals surface area (Å²) in [5.74, 6) is -1.06. The summed E-state index contributed by atoms with van der Waals surface area (Å²) in [6.45, 7) is 7.09. The maximum Gasteiger partial charge on any atom is 0.330 e. The van der Waals surface area contributed by atoms with Crippen molar-refractivity contribution in [1.82, 2.24) is 0 Å². The van der Waals surface area contributed by atoms with Crippen molar-refractivity contribution in [3.05, 3.63) is 12.2 Å². The number of aliphatic hydroxyl groups excluding tert-OH is 1. The highest BCUT2D eigenvalue weighted by Crippen LogP contribution is 2.29. The number of rotatable bonds is 5. The normalized spacial score (nSPS) is 27.0. The highest BCUT2D eigenvalue weighted by atomic mass is 16.8. The molecule has 1 saturated heterocycles. The Morgan fingerprint density at radius 2 is 2.00 bits per heavy atom. The second kappa shape index (κ2) is 6.31. The van der Waals surface area contributed by atoms with E-state index >= 15 is 0 Å². The molecule has 1 aliphatic rings. The number of ether oxygens (including phenoxy) is 3. The van der Waals surface area contributed by atoms with Gasteiger partial charge in [0.25, 0.3) is 0 Å². The molecule has 0 spiro atoms. The van der Waals surface area contributed by atoms with E-state index in [1.165, 1.54) is 6.08 Å². The number of hydrogen-bond acceptors (Lipinski definition) is 5. The molecule has 0 bridgehead atoms. The van der Waals surface area contributed by atoms with Gasteiger partial charge in [0.2, 0.25) is 0 Å². The number of hydrogen-bond donors (Lipinski definition) is 1. The van der Waals surface area contributed by atoms with E-state index in [2.05, 4.69) is 0 Å². The van der Waals surface area contributed by atoms with E-state index in [1.54, 1.807) is 33.8 Å². The summed E-state index contributed by atoms with van der Waals surface area (Å²) in [6, 6.07) is 0. The Balaban J connectivity index is 2.43. The minimum absolute atomic E-state index is 0.0988. The Morgan fingerprint density at radius 1 is 1.39 bits per heavy atom. The molecule has 0 aromatic carbocycles. The van der Waals surface area contributed by atoms with Crippen molar-refractivity contribution in [3.8, 4) is 0 Å². The topological polar surface area (TPSA) is 65.0 Å². The predicted octanol–water partition coefficient (Wildman–Crippen LogP) is 1.40. The van der Waals surface area contributed by atoms with Crippen LogP contribution in [0.4, 0.5) is 0 Å². The molecule has 2 atom stereocenters. The van der Waals surface area contributed by atoms with Crippen LogP contribution in [0.5, 0.6) is 0 Å². The van der Waals surface area contributed by atoms with Gasteiger partial charge in [-0.3, -0.25) is 0 Å². The molecule has 5 nitrogen and oxygen atoms in total. The number of aliphatic hydroxyl groups is 1. The molecule has 18 heavy (non-hydrogen) atoms. The minimum Gasteiger partial charge on any atom is -0.460 e. The molecule has 0 aromatic rings. The lowest BCUT2D eigenvalue weighted by molar-refractivity contribution is -0.148. The first-order valence-electron chi connectivity index (χ1n) is 6.17. The Labute approximate surface area is 108 Å². The SMILES string of the molecule is CC(C)OC(=O)/C=C/C[C@@H]1OC(C)(C)O[C@@H]1CO. The molecule has 0 radical (unpaired) electrons. The Morgan fingerprint density at radius 3 is 2.56 bits per heavy atom. The zero-order valence-corrected chi connectivity index (χ0v) is 11.4. The summed E-state index contributed by atoms with van der Waals surface area (Å²) in [5.41, 5.74) is 0. The van der Waals surface area contributed by atoms with Gasteiger partial charge in [-0.15, -0.1) is 0 Å². The highest BCUT2D eigenvalue weighted by molar-refractivity contribution is 5.81. The molecule has 0 aromatic heterocycles. The van der Waals surface area contributed by atoms with Gasteiger partial charge in [0.05, 0.1) is 18.8 Å². The molecule has 5 heteroatoms. The van der Waals surface area contributed by atoms with Crippen molar-refractivity contribution < 1.29 is 24.1 Å². The van der Waals surface area contributed by atoms with E-state index in [4.69, 9.17) is 14.2 Å². The Kier molecular flexibility index (Phi) is 5.31. The quantitative estimate of drug-likeness (QED) is 0.596. The lowest BCUT2D eigenvalue weighted by atomic mass is 10.1. The van der Waals surface area contributed by atoms with Gasteiger partial charge in [-0.2, -0.15) is 0 Å². The number of carbonyl (C=O) groups excluding carboxylic acids is 1. The van der Waals surface area contributed by atoms with Gasteiger partial charge in [-0.1, -0.05) is 6.08 Å². The maximum atomic E-state index is 11.3. The van der Waals surface area contributed by atoms with E-state index in [0.29, 0.717) is 6.42 Å². The lowest BCUT2D eigenvalue weighted by Crippen LogP contribution is -2.25. The van der Waals surface area contributed by atoms with Crippen LogP contribution in [0.3, 0.4) is 0 Å². The fourth-order valence-corrected chi connectivity index (χ4v) is 1.83. The molecule has 0 aliphatic carbocycles. The molecule has 104 valence electrons. The van der Waals surface area contributed by atoms with Crippen LogP contribution in [-0.2, 0) is 19.0 Å².